The number of phenols is 1. The number of carbonyl (C=O) groups is 1. The van der Waals surface area contributed by atoms with Gasteiger partial charge in [0.1, 0.15) is 5.01 Å². The van der Waals surface area contributed by atoms with Gasteiger partial charge in [0.15, 0.2) is 23.7 Å². The van der Waals surface area contributed by atoms with Gasteiger partial charge >= 0.3 is 0 Å². The van der Waals surface area contributed by atoms with Gasteiger partial charge in [-0.2, -0.15) is 4.39 Å². The van der Waals surface area contributed by atoms with Crippen LogP contribution in [0.1, 0.15) is 29.9 Å². The van der Waals surface area contributed by atoms with E-state index in [4.69, 9.17) is 5.11 Å². The molecule has 0 bridgehead atoms. The van der Waals surface area contributed by atoms with Gasteiger partial charge in [0.2, 0.25) is 5.82 Å². The minimum atomic E-state index is -1.65. The maximum absolute atomic E-state index is 13.5. The van der Waals surface area contributed by atoms with Gasteiger partial charge in [0.05, 0.1) is 10.4 Å². The van der Waals surface area contributed by atoms with Crippen LogP contribution < -0.4 is 0 Å². The summed E-state index contributed by atoms with van der Waals surface area (Å²) in [5, 5.41) is 9.00. The Morgan fingerprint density at radius 1 is 1.23 bits per heavy atom. The van der Waals surface area contributed by atoms with Crippen LogP contribution in [0.4, 0.5) is 13.2 Å². The summed E-state index contributed by atoms with van der Waals surface area (Å²) in [5.74, 6) is -3.92. The number of phenolic OH excluding ortho intramolecular Hbond substituents is 1. The first-order chi connectivity index (χ1) is 12.2. The van der Waals surface area contributed by atoms with Gasteiger partial charge < -0.3 is 10.0 Å². The molecule has 26 heavy (non-hydrogen) atoms. The Bertz CT molecular complexity index is 757. The number of likely N-dealkylation sites (tertiary alicyclic amines) is 1. The minimum absolute atomic E-state index is 0.0150. The minimum Gasteiger partial charge on any atom is -0.503 e. The quantitative estimate of drug-likeness (QED) is 0.616. The number of aromatic hydroxyl groups is 1. The molecule has 0 spiro atoms. The molecule has 0 aliphatic carbocycles. The summed E-state index contributed by atoms with van der Waals surface area (Å²) in [6.45, 7) is 7.27. The van der Waals surface area contributed by atoms with Crippen molar-refractivity contribution in [3.05, 3.63) is 34.6 Å². The number of halogens is 3. The molecule has 1 aromatic heterocycles. The molecule has 8 heteroatoms. The Morgan fingerprint density at radius 2 is 1.85 bits per heavy atom. The third-order valence-corrected chi connectivity index (χ3v) is 5.01. The van der Waals surface area contributed by atoms with Crippen molar-refractivity contribution in [2.75, 3.05) is 20.1 Å². The van der Waals surface area contributed by atoms with E-state index in [0.29, 0.717) is 12.4 Å². The highest BCUT2D eigenvalue weighted by molar-refractivity contribution is 7.16. The molecule has 1 saturated heterocycles. The molecule has 0 radical (unpaired) electrons. The van der Waals surface area contributed by atoms with Crippen LogP contribution in [0.5, 0.6) is 5.75 Å². The average molecular weight is 386 g/mol. The molecule has 2 heterocycles. The van der Waals surface area contributed by atoms with E-state index < -0.39 is 23.2 Å². The summed E-state index contributed by atoms with van der Waals surface area (Å²) in [6, 6.07) is 0.581. The van der Waals surface area contributed by atoms with E-state index in [0.717, 1.165) is 23.2 Å². The summed E-state index contributed by atoms with van der Waals surface area (Å²) in [4.78, 5) is 16.7. The number of hydrogen-bond acceptors (Lipinski definition) is 5. The topological polar surface area (TPSA) is 53.4 Å². The number of carbonyl (C=O) groups excluding carboxylic acids is 1. The lowest BCUT2D eigenvalue weighted by Gasteiger charge is -2.31. The van der Waals surface area contributed by atoms with Crippen LogP contribution in [-0.4, -0.2) is 41.4 Å². The number of aromatic nitrogens is 1. The molecule has 2 atom stereocenters. The van der Waals surface area contributed by atoms with Crippen LogP contribution >= 0.6 is 11.3 Å². The molecule has 0 amide bonds. The van der Waals surface area contributed by atoms with Gasteiger partial charge in [-0.3, -0.25) is 4.79 Å². The third kappa shape index (κ3) is 4.82. The summed E-state index contributed by atoms with van der Waals surface area (Å²) in [7, 11) is 2.21. The molecule has 1 aromatic carbocycles. The van der Waals surface area contributed by atoms with Gasteiger partial charge in [-0.25, -0.2) is 13.8 Å². The number of rotatable bonds is 2. The Labute approximate surface area is 154 Å². The molecule has 4 nitrogen and oxygen atoms in total. The van der Waals surface area contributed by atoms with E-state index in [9.17, 15) is 18.0 Å². The summed E-state index contributed by atoms with van der Waals surface area (Å²) < 4.78 is 39.3. The molecule has 1 aliphatic rings. The fraction of sp³-hybridized carbons (Fsp3) is 0.444. The third-order valence-electron chi connectivity index (χ3n) is 4.05. The Kier molecular flexibility index (Phi) is 6.77. The molecule has 1 fully saturated rings. The first kappa shape index (κ1) is 20.4. The maximum atomic E-state index is 13.5. The smallest absolute Gasteiger partial charge is 0.203 e. The monoisotopic (exact) mass is 386 g/mol. The van der Waals surface area contributed by atoms with E-state index in [1.165, 1.54) is 25.7 Å². The van der Waals surface area contributed by atoms with Crippen molar-refractivity contribution in [3.8, 4) is 16.3 Å². The Hall–Kier alpha value is -1.93. The van der Waals surface area contributed by atoms with E-state index >= 15 is 0 Å². The molecule has 3 rings (SSSR count). The standard InChI is InChI=1S/C10H4F3NO2S.C8H17N/c11-6-1-5(7(12)9(16)8(6)13)10-14-2-4(3-15)17-10;1-7-4-8(2)6-9(3)5-7/h1-3,16H;7-8H,4-6H2,1-3H3. The molecule has 142 valence electrons. The second-order valence-electron chi connectivity index (χ2n) is 6.74. The molecular formula is C18H21F3N2O2S. The maximum Gasteiger partial charge on any atom is 0.203 e. The fourth-order valence-electron chi connectivity index (χ4n) is 3.19. The molecule has 2 unspecified atom stereocenters. The zero-order valence-corrected chi connectivity index (χ0v) is 15.6. The highest BCUT2D eigenvalue weighted by atomic mass is 32.1. The number of thiazole rings is 1. The number of piperidine rings is 1. The van der Waals surface area contributed by atoms with Crippen molar-refractivity contribution in [2.24, 2.45) is 11.8 Å². The normalized spacial score (nSPS) is 20.4. The van der Waals surface area contributed by atoms with Gasteiger partial charge in [-0.05, 0) is 31.4 Å². The molecule has 2 aromatic rings. The van der Waals surface area contributed by atoms with Crippen LogP contribution in [0.2, 0.25) is 0 Å². The van der Waals surface area contributed by atoms with Crippen LogP contribution in [0, 0.1) is 29.3 Å². The molecular weight excluding hydrogens is 365 g/mol. The predicted molar refractivity (Wildman–Crippen MR) is 94.9 cm³/mol. The molecule has 1 N–H and O–H groups in total. The second-order valence-corrected chi connectivity index (χ2v) is 7.80. The lowest BCUT2D eigenvalue weighted by molar-refractivity contribution is 0.112. The van der Waals surface area contributed by atoms with Gasteiger partial charge in [0, 0.05) is 19.3 Å². The van der Waals surface area contributed by atoms with E-state index in [1.807, 2.05) is 0 Å². The number of hydrogen-bond donors (Lipinski definition) is 1. The number of benzene rings is 1. The fourth-order valence-corrected chi connectivity index (χ4v) is 3.93. The van der Waals surface area contributed by atoms with Gasteiger partial charge in [-0.1, -0.05) is 13.8 Å². The lowest BCUT2D eigenvalue weighted by Crippen LogP contribution is -2.35. The first-order valence-corrected chi connectivity index (χ1v) is 9.00. The van der Waals surface area contributed by atoms with E-state index in [-0.39, 0.29) is 15.4 Å². The van der Waals surface area contributed by atoms with Crippen LogP contribution in [0.15, 0.2) is 12.3 Å². The highest BCUT2D eigenvalue weighted by Gasteiger charge is 2.21. The van der Waals surface area contributed by atoms with Crippen molar-refractivity contribution < 1.29 is 23.1 Å². The lowest BCUT2D eigenvalue weighted by atomic mass is 9.92. The van der Waals surface area contributed by atoms with E-state index in [2.05, 4.69) is 30.8 Å². The first-order valence-electron chi connectivity index (χ1n) is 8.19. The Morgan fingerprint density at radius 3 is 2.35 bits per heavy atom. The molecule has 1 aliphatic heterocycles. The summed E-state index contributed by atoms with van der Waals surface area (Å²) in [6.07, 6.45) is 3.09. The van der Waals surface area contributed by atoms with Crippen LogP contribution in [0.25, 0.3) is 10.6 Å². The Balaban J connectivity index is 0.000000228. The predicted octanol–water partition coefficient (Wildman–Crippen LogP) is 4.34. The largest absolute Gasteiger partial charge is 0.503 e. The van der Waals surface area contributed by atoms with E-state index in [1.54, 1.807) is 0 Å². The zero-order chi connectivity index (χ0) is 19.4. The second kappa shape index (κ2) is 8.64. The summed E-state index contributed by atoms with van der Waals surface area (Å²) in [5.41, 5.74) is -0.389. The average Bonchev–Trinajstić information content (AvgIpc) is 3.04. The van der Waals surface area contributed by atoms with Crippen LogP contribution in [0.3, 0.4) is 0 Å². The van der Waals surface area contributed by atoms with Gasteiger partial charge in [-0.15, -0.1) is 11.3 Å². The van der Waals surface area contributed by atoms with Crippen LogP contribution in [-0.2, 0) is 0 Å². The number of aldehydes is 1. The van der Waals surface area contributed by atoms with Crippen molar-refractivity contribution in [1.82, 2.24) is 9.88 Å². The van der Waals surface area contributed by atoms with Crippen molar-refractivity contribution in [3.63, 3.8) is 0 Å². The van der Waals surface area contributed by atoms with Crippen molar-refractivity contribution >= 4 is 17.6 Å². The number of nitrogens with zero attached hydrogens (tertiary/aromatic N) is 2. The SMILES string of the molecule is CC1CC(C)CN(C)C1.O=Cc1cnc(-c2cc(F)c(F)c(O)c2F)s1. The van der Waals surface area contributed by atoms with Crippen molar-refractivity contribution in [1.29, 1.82) is 0 Å². The van der Waals surface area contributed by atoms with Gasteiger partial charge in [0.25, 0.3) is 0 Å². The summed E-state index contributed by atoms with van der Waals surface area (Å²) >= 11 is 0.804. The van der Waals surface area contributed by atoms with Crippen molar-refractivity contribution in [2.45, 2.75) is 20.3 Å². The molecule has 0 saturated carbocycles. The zero-order valence-electron chi connectivity index (χ0n) is 14.8. The highest BCUT2D eigenvalue weighted by Crippen LogP contribution is 2.34.